The maximum atomic E-state index is 5.60. The Labute approximate surface area is 615 Å². The number of nitrogens with zero attached hydrogens (tertiary/aromatic N) is 14. The van der Waals surface area contributed by atoms with E-state index < -0.39 is 0 Å². The zero-order valence-electron chi connectivity index (χ0n) is 58.8. The molecule has 0 atom stereocenters. The van der Waals surface area contributed by atoms with Crippen LogP contribution < -0.4 is 0 Å². The lowest BCUT2D eigenvalue weighted by Gasteiger charge is -2.22. The Morgan fingerprint density at radius 2 is 0.542 bits per heavy atom. The van der Waals surface area contributed by atoms with Gasteiger partial charge in [-0.1, -0.05) is 228 Å². The van der Waals surface area contributed by atoms with Crippen LogP contribution >= 0.6 is 0 Å². The standard InChI is InChI=1S/C54H40N2.C39H24N12/c1-53(2)45-21-13-11-19-37(45)39-25-23-35(29-47(39)53)49-31-43(33-15-7-5-8-16-33)41-27-28-42-44(34-17-9-6-10-18-34)32-50(56-52(42)51(41)55-49)36-24-26-40-38-20-12-14-22-46(38)54(3,4)48(40)30-36;1-4-10-28(11-5-1)49-34(46-31-37(49)43-19-16-40-31)25-22-26(35-47-32-38(44-20-17-41-32)50(35)29-12-6-2-7-13-29)24-27(23-25)36-48-33-39(45-21-18-42-33)51(36)30-14-8-3-9-15-30/h5-32H,1-4H3;1-24H. The highest BCUT2D eigenvalue weighted by Crippen LogP contribution is 2.52. The molecule has 0 aliphatic heterocycles. The SMILES string of the molecule is CC1(C)c2ccccc2-c2ccc(-c3cc(-c4ccccc4)c4ccc5c(-c6ccccc6)cc(-c6ccc7c(c6)C(C)(C)c6ccccc6-7)nc5c4n3)cc21.c1ccc(-n2c(-c3cc(-c4nc5nccnc5n4-c4ccccc4)cc(-c4nc5nccnc5n4-c4ccccc4)c3)nc3nccnc32)cc1. The number of aromatic nitrogens is 14. The third-order valence-electron chi connectivity index (χ3n) is 21.3. The number of rotatable bonds is 10. The van der Waals surface area contributed by atoms with Crippen LogP contribution in [0.5, 0.6) is 0 Å². The van der Waals surface area contributed by atoms with Crippen molar-refractivity contribution >= 4 is 55.7 Å². The molecule has 21 rings (SSSR count). The second-order valence-electron chi connectivity index (χ2n) is 28.3. The minimum absolute atomic E-state index is 0.111. The Morgan fingerprint density at radius 1 is 0.234 bits per heavy atom. The van der Waals surface area contributed by atoms with Crippen molar-refractivity contribution in [2.75, 3.05) is 0 Å². The molecule has 107 heavy (non-hydrogen) atoms. The summed E-state index contributed by atoms with van der Waals surface area (Å²) < 4.78 is 6.08. The van der Waals surface area contributed by atoms with Gasteiger partial charge in [-0.2, -0.15) is 0 Å². The van der Waals surface area contributed by atoms with Crippen molar-refractivity contribution in [3.05, 3.63) is 338 Å². The molecule has 14 heteroatoms. The third kappa shape index (κ3) is 10.3. The summed E-state index contributed by atoms with van der Waals surface area (Å²) in [5, 5.41) is 2.19. The van der Waals surface area contributed by atoms with Crippen molar-refractivity contribution in [3.8, 4) is 118 Å². The molecule has 11 aromatic carbocycles. The van der Waals surface area contributed by atoms with Crippen LogP contribution in [0.4, 0.5) is 0 Å². The first-order chi connectivity index (χ1) is 52.6. The van der Waals surface area contributed by atoms with E-state index in [4.69, 9.17) is 39.9 Å². The highest BCUT2D eigenvalue weighted by atomic mass is 15.2. The van der Waals surface area contributed by atoms with E-state index in [2.05, 4.69) is 231 Å². The van der Waals surface area contributed by atoms with Crippen molar-refractivity contribution in [2.24, 2.45) is 0 Å². The van der Waals surface area contributed by atoms with Gasteiger partial charge < -0.3 is 0 Å². The van der Waals surface area contributed by atoms with E-state index in [1.165, 1.54) is 44.5 Å². The molecular weight excluding hydrogens is 1310 g/mol. The van der Waals surface area contributed by atoms with Gasteiger partial charge in [0.1, 0.15) is 17.5 Å². The Kier molecular flexibility index (Phi) is 14.5. The number of imidazole rings is 3. The Balaban J connectivity index is 0.000000142. The van der Waals surface area contributed by atoms with Crippen LogP contribution in [0.1, 0.15) is 49.9 Å². The molecular formula is C93H64N14. The van der Waals surface area contributed by atoms with Crippen LogP contribution in [0, 0.1) is 0 Å². The molecule has 8 aromatic heterocycles. The van der Waals surface area contributed by atoms with Crippen molar-refractivity contribution < 1.29 is 0 Å². The second kappa shape index (κ2) is 24.8. The molecule has 0 N–H and O–H groups in total. The monoisotopic (exact) mass is 1380 g/mol. The molecule has 8 heterocycles. The number of fused-ring (bicyclic) bond motifs is 12. The summed E-state index contributed by atoms with van der Waals surface area (Å²) in [6, 6.07) is 98.4. The quantitative estimate of drug-likeness (QED) is 0.120. The van der Waals surface area contributed by atoms with Crippen LogP contribution in [0.2, 0.25) is 0 Å². The minimum Gasteiger partial charge on any atom is -0.275 e. The summed E-state index contributed by atoms with van der Waals surface area (Å²) >= 11 is 0. The summed E-state index contributed by atoms with van der Waals surface area (Å²) in [4.78, 5) is 54.2. The maximum absolute atomic E-state index is 5.60. The summed E-state index contributed by atoms with van der Waals surface area (Å²) in [6.07, 6.45) is 10.0. The fourth-order valence-electron chi connectivity index (χ4n) is 16.2. The Bertz CT molecular complexity index is 6210. The highest BCUT2D eigenvalue weighted by Gasteiger charge is 2.37. The number of hydrogen-bond donors (Lipinski definition) is 0. The molecule has 0 radical (unpaired) electrons. The number of pyridine rings is 2. The molecule has 506 valence electrons. The Hall–Kier alpha value is -14.1. The van der Waals surface area contributed by atoms with Crippen molar-refractivity contribution in [1.82, 2.24) is 68.5 Å². The van der Waals surface area contributed by atoms with Crippen molar-refractivity contribution in [1.29, 1.82) is 0 Å². The average Bonchev–Trinajstić information content (AvgIpc) is 1.70. The lowest BCUT2D eigenvalue weighted by atomic mass is 9.81. The summed E-state index contributed by atoms with van der Waals surface area (Å²) in [6.45, 7) is 9.36. The zero-order chi connectivity index (χ0) is 71.5. The highest BCUT2D eigenvalue weighted by molar-refractivity contribution is 6.13. The van der Waals surface area contributed by atoms with Crippen LogP contribution in [0.25, 0.3) is 174 Å². The topological polar surface area (TPSA) is 157 Å². The van der Waals surface area contributed by atoms with E-state index in [0.717, 1.165) is 100 Å². The van der Waals surface area contributed by atoms with Crippen LogP contribution in [0.15, 0.2) is 316 Å². The van der Waals surface area contributed by atoms with Gasteiger partial charge in [0.25, 0.3) is 0 Å². The van der Waals surface area contributed by atoms with Gasteiger partial charge in [-0.25, -0.2) is 54.8 Å². The predicted molar refractivity (Wildman–Crippen MR) is 427 cm³/mol. The molecule has 0 spiro atoms. The lowest BCUT2D eigenvalue weighted by Crippen LogP contribution is -2.15. The molecule has 19 aromatic rings. The van der Waals surface area contributed by atoms with Gasteiger partial charge in [-0.15, -0.1) is 0 Å². The van der Waals surface area contributed by atoms with Crippen molar-refractivity contribution in [2.45, 2.75) is 38.5 Å². The van der Waals surface area contributed by atoms with Gasteiger partial charge in [-0.05, 0) is 146 Å². The fourth-order valence-corrected chi connectivity index (χ4v) is 16.2. The molecule has 2 aliphatic carbocycles. The third-order valence-corrected chi connectivity index (χ3v) is 21.3. The lowest BCUT2D eigenvalue weighted by molar-refractivity contribution is 0.660. The largest absolute Gasteiger partial charge is 0.275 e. The van der Waals surface area contributed by atoms with Gasteiger partial charge in [0, 0.05) is 104 Å². The summed E-state index contributed by atoms with van der Waals surface area (Å²) in [7, 11) is 0. The fraction of sp³-hybridized carbons (Fsp3) is 0.0645. The predicted octanol–water partition coefficient (Wildman–Crippen LogP) is 21.1. The van der Waals surface area contributed by atoms with Gasteiger partial charge in [0.2, 0.25) is 0 Å². The first-order valence-electron chi connectivity index (χ1n) is 35.9. The van der Waals surface area contributed by atoms with E-state index in [1.807, 2.05) is 105 Å². The van der Waals surface area contributed by atoms with Crippen LogP contribution in [-0.4, -0.2) is 68.5 Å². The second-order valence-corrected chi connectivity index (χ2v) is 28.3. The van der Waals surface area contributed by atoms with Crippen LogP contribution in [-0.2, 0) is 10.8 Å². The van der Waals surface area contributed by atoms with Gasteiger partial charge in [0.05, 0.1) is 22.4 Å². The first kappa shape index (κ1) is 62.7. The molecule has 0 amide bonds. The van der Waals surface area contributed by atoms with Gasteiger partial charge >= 0.3 is 0 Å². The van der Waals surface area contributed by atoms with Crippen molar-refractivity contribution in [3.63, 3.8) is 0 Å². The smallest absolute Gasteiger partial charge is 0.198 e. The van der Waals surface area contributed by atoms with Gasteiger partial charge in [0.15, 0.2) is 33.9 Å². The van der Waals surface area contributed by atoms with E-state index >= 15 is 0 Å². The zero-order valence-corrected chi connectivity index (χ0v) is 58.8. The van der Waals surface area contributed by atoms with Crippen LogP contribution in [0.3, 0.4) is 0 Å². The molecule has 14 nitrogen and oxygen atoms in total. The maximum Gasteiger partial charge on any atom is 0.198 e. The molecule has 0 unspecified atom stereocenters. The molecule has 0 saturated carbocycles. The molecule has 0 bridgehead atoms. The minimum atomic E-state index is -0.111. The normalized spacial score (nSPS) is 13.0. The number of benzene rings is 11. The molecule has 2 aliphatic rings. The van der Waals surface area contributed by atoms with E-state index in [0.29, 0.717) is 51.4 Å². The van der Waals surface area contributed by atoms with E-state index in [9.17, 15) is 0 Å². The van der Waals surface area contributed by atoms with E-state index in [-0.39, 0.29) is 10.8 Å². The average molecular weight is 1380 g/mol. The molecule has 0 fully saturated rings. The summed E-state index contributed by atoms with van der Waals surface area (Å²) in [5.74, 6) is 1.97. The number of para-hydroxylation sites is 3. The van der Waals surface area contributed by atoms with E-state index in [1.54, 1.807) is 37.2 Å². The summed E-state index contributed by atoms with van der Waals surface area (Å²) in [5.41, 5.74) is 29.6. The Morgan fingerprint density at radius 3 is 0.897 bits per heavy atom. The number of hydrogen-bond acceptors (Lipinski definition) is 11. The van der Waals surface area contributed by atoms with Gasteiger partial charge in [-0.3, -0.25) is 13.7 Å². The first-order valence-corrected chi connectivity index (χ1v) is 35.9. The molecule has 0 saturated heterocycles.